The van der Waals surface area contributed by atoms with Crippen LogP contribution in [0.4, 0.5) is 4.39 Å². The molecule has 0 radical (unpaired) electrons. The molecule has 1 saturated carbocycles. The van der Waals surface area contributed by atoms with Crippen LogP contribution in [0.3, 0.4) is 0 Å². The summed E-state index contributed by atoms with van der Waals surface area (Å²) in [5.41, 5.74) is 0.913. The first-order chi connectivity index (χ1) is 8.24. The van der Waals surface area contributed by atoms with Crippen molar-refractivity contribution in [1.29, 1.82) is 0 Å². The van der Waals surface area contributed by atoms with Crippen LogP contribution in [0.5, 0.6) is 0 Å². The van der Waals surface area contributed by atoms with Gasteiger partial charge < -0.3 is 5.32 Å². The molecule has 1 aliphatic carbocycles. The molecule has 2 nitrogen and oxygen atoms in total. The number of hydrogen-bond donors (Lipinski definition) is 1. The maximum atomic E-state index is 12.6. The Labute approximate surface area is 104 Å². The molecule has 1 aromatic heterocycles. The summed E-state index contributed by atoms with van der Waals surface area (Å²) < 4.78 is 12.6. The van der Waals surface area contributed by atoms with E-state index in [1.54, 1.807) is 6.07 Å². The van der Waals surface area contributed by atoms with Crippen LogP contribution < -0.4 is 5.32 Å². The zero-order chi connectivity index (χ0) is 12.7. The van der Waals surface area contributed by atoms with Crippen molar-refractivity contribution in [1.82, 2.24) is 10.3 Å². The lowest BCUT2D eigenvalue weighted by Crippen LogP contribution is -2.26. The fraction of sp³-hybridized carbons (Fsp3) is 0.643. The number of hydrogen-bond acceptors (Lipinski definition) is 2. The molecule has 1 heterocycles. The molecule has 17 heavy (non-hydrogen) atoms. The summed E-state index contributed by atoms with van der Waals surface area (Å²) in [6.45, 7) is 7.04. The van der Waals surface area contributed by atoms with Crippen LogP contribution in [0, 0.1) is 11.7 Å². The average Bonchev–Trinajstić information content (AvgIpc) is 2.77. The van der Waals surface area contributed by atoms with Crippen LogP contribution in [-0.4, -0.2) is 11.0 Å². The molecule has 1 fully saturated rings. The first kappa shape index (κ1) is 14.1. The van der Waals surface area contributed by atoms with Crippen LogP contribution in [-0.2, 0) is 6.54 Å². The van der Waals surface area contributed by atoms with Gasteiger partial charge in [0.25, 0.3) is 0 Å². The molecule has 2 rings (SSSR count). The summed E-state index contributed by atoms with van der Waals surface area (Å²) in [4.78, 5) is 4.02. The second-order valence-corrected chi connectivity index (χ2v) is 4.46. The predicted octanol–water partition coefficient (Wildman–Crippen LogP) is 3.53. The van der Waals surface area contributed by atoms with Crippen molar-refractivity contribution in [2.45, 2.75) is 52.6 Å². The van der Waals surface area contributed by atoms with E-state index in [-0.39, 0.29) is 5.82 Å². The molecule has 96 valence electrons. The molecule has 0 amide bonds. The molecule has 1 aromatic rings. The van der Waals surface area contributed by atoms with Crippen LogP contribution >= 0.6 is 0 Å². The molecular formula is C14H23FN2. The van der Waals surface area contributed by atoms with E-state index in [0.717, 1.165) is 18.2 Å². The summed E-state index contributed by atoms with van der Waals surface area (Å²) in [6.07, 6.45) is 5.09. The zero-order valence-corrected chi connectivity index (χ0v) is 11.0. The van der Waals surface area contributed by atoms with Gasteiger partial charge in [-0.05, 0) is 37.3 Å². The largest absolute Gasteiger partial charge is 0.308 e. The second kappa shape index (κ2) is 7.38. The molecule has 0 aliphatic heterocycles. The number of pyridine rings is 1. The Morgan fingerprint density at radius 2 is 2.12 bits per heavy atom. The lowest BCUT2D eigenvalue weighted by molar-refractivity contribution is 0.497. The Hall–Kier alpha value is -0.960. The maximum absolute atomic E-state index is 12.6. The van der Waals surface area contributed by atoms with Gasteiger partial charge in [0, 0.05) is 12.6 Å². The van der Waals surface area contributed by atoms with Gasteiger partial charge >= 0.3 is 0 Å². The smallest absolute Gasteiger partial charge is 0.141 e. The fourth-order valence-electron chi connectivity index (χ4n) is 2.15. The number of aromatic nitrogens is 1. The van der Waals surface area contributed by atoms with Crippen LogP contribution in [0.25, 0.3) is 0 Å². The van der Waals surface area contributed by atoms with Crippen molar-refractivity contribution in [3.05, 3.63) is 29.8 Å². The average molecular weight is 238 g/mol. The fourth-order valence-corrected chi connectivity index (χ4v) is 2.15. The topological polar surface area (TPSA) is 24.9 Å². The number of rotatable bonds is 3. The van der Waals surface area contributed by atoms with E-state index >= 15 is 0 Å². The summed E-state index contributed by atoms with van der Waals surface area (Å²) in [5, 5.41) is 3.46. The zero-order valence-electron chi connectivity index (χ0n) is 11.0. The monoisotopic (exact) mass is 238 g/mol. The molecule has 3 heteroatoms. The second-order valence-electron chi connectivity index (χ2n) is 4.46. The first-order valence-electron chi connectivity index (χ1n) is 6.58. The normalized spacial score (nSPS) is 23.1. The van der Waals surface area contributed by atoms with Crippen molar-refractivity contribution in [2.24, 2.45) is 5.92 Å². The van der Waals surface area contributed by atoms with Gasteiger partial charge in [-0.1, -0.05) is 20.8 Å². The third-order valence-electron chi connectivity index (χ3n) is 3.06. The molecule has 0 bridgehead atoms. The van der Waals surface area contributed by atoms with Crippen LogP contribution in [0.1, 0.15) is 45.7 Å². The SMILES string of the molecule is CC.C[C@@H]1CC[C@H](NCc2ccc(F)cn2)C1. The molecule has 2 atom stereocenters. The number of nitrogens with one attached hydrogen (secondary N) is 1. The first-order valence-corrected chi connectivity index (χ1v) is 6.58. The van der Waals surface area contributed by atoms with Gasteiger partial charge in [0.2, 0.25) is 0 Å². The Morgan fingerprint density at radius 3 is 2.65 bits per heavy atom. The Bertz CT molecular complexity index is 311. The van der Waals surface area contributed by atoms with E-state index in [0.29, 0.717) is 6.04 Å². The Morgan fingerprint density at radius 1 is 1.35 bits per heavy atom. The van der Waals surface area contributed by atoms with Crippen LogP contribution in [0.15, 0.2) is 18.3 Å². The van der Waals surface area contributed by atoms with E-state index in [9.17, 15) is 4.39 Å². The van der Waals surface area contributed by atoms with Gasteiger partial charge in [0.1, 0.15) is 5.82 Å². The van der Waals surface area contributed by atoms with Gasteiger partial charge in [-0.25, -0.2) is 4.39 Å². The minimum Gasteiger partial charge on any atom is -0.308 e. The quantitative estimate of drug-likeness (QED) is 0.871. The predicted molar refractivity (Wildman–Crippen MR) is 69.2 cm³/mol. The molecular weight excluding hydrogens is 215 g/mol. The van der Waals surface area contributed by atoms with E-state index in [4.69, 9.17) is 0 Å². The Kier molecular flexibility index (Phi) is 6.12. The molecule has 1 aliphatic rings. The maximum Gasteiger partial charge on any atom is 0.141 e. The molecule has 0 unspecified atom stereocenters. The number of nitrogens with zero attached hydrogens (tertiary/aromatic N) is 1. The van der Waals surface area contributed by atoms with E-state index in [2.05, 4.69) is 17.2 Å². The van der Waals surface area contributed by atoms with Gasteiger partial charge in [-0.3, -0.25) is 4.98 Å². The van der Waals surface area contributed by atoms with Gasteiger partial charge in [0.05, 0.1) is 11.9 Å². The van der Waals surface area contributed by atoms with Gasteiger partial charge in [-0.2, -0.15) is 0 Å². The van der Waals surface area contributed by atoms with Gasteiger partial charge in [0.15, 0.2) is 0 Å². The molecule has 0 spiro atoms. The highest BCUT2D eigenvalue weighted by atomic mass is 19.1. The number of halogens is 1. The third-order valence-corrected chi connectivity index (χ3v) is 3.06. The third kappa shape index (κ3) is 4.82. The minimum atomic E-state index is -0.270. The molecule has 0 saturated heterocycles. The highest BCUT2D eigenvalue weighted by Gasteiger charge is 2.20. The van der Waals surface area contributed by atoms with Crippen molar-refractivity contribution in [3.8, 4) is 0 Å². The standard InChI is InChI=1S/C12H17FN2.C2H6/c1-9-2-4-11(6-9)15-8-12-5-3-10(13)7-14-12;1-2/h3,5,7,9,11,15H,2,4,6,8H2,1H3;1-2H3/t9-,11+;/m1./s1. The lowest BCUT2D eigenvalue weighted by Gasteiger charge is -2.11. The molecule has 0 aromatic carbocycles. The van der Waals surface area contributed by atoms with Crippen LogP contribution in [0.2, 0.25) is 0 Å². The molecule has 1 N–H and O–H groups in total. The summed E-state index contributed by atoms with van der Waals surface area (Å²) in [5.74, 6) is 0.567. The van der Waals surface area contributed by atoms with E-state index in [1.807, 2.05) is 13.8 Å². The minimum absolute atomic E-state index is 0.270. The van der Waals surface area contributed by atoms with Gasteiger partial charge in [-0.15, -0.1) is 0 Å². The summed E-state index contributed by atoms with van der Waals surface area (Å²) >= 11 is 0. The Balaban J connectivity index is 0.000000686. The highest BCUT2D eigenvalue weighted by molar-refractivity contribution is 5.05. The van der Waals surface area contributed by atoms with Crippen molar-refractivity contribution >= 4 is 0 Å². The van der Waals surface area contributed by atoms with Crippen molar-refractivity contribution in [2.75, 3.05) is 0 Å². The van der Waals surface area contributed by atoms with Crippen molar-refractivity contribution in [3.63, 3.8) is 0 Å². The summed E-state index contributed by atoms with van der Waals surface area (Å²) in [6, 6.07) is 3.81. The van der Waals surface area contributed by atoms with Crippen molar-refractivity contribution < 1.29 is 4.39 Å². The van der Waals surface area contributed by atoms with E-state index < -0.39 is 0 Å². The van der Waals surface area contributed by atoms with E-state index in [1.165, 1.54) is 31.5 Å². The summed E-state index contributed by atoms with van der Waals surface area (Å²) in [7, 11) is 0. The lowest BCUT2D eigenvalue weighted by atomic mass is 10.1. The highest BCUT2D eigenvalue weighted by Crippen LogP contribution is 2.24.